The van der Waals surface area contributed by atoms with E-state index in [1.165, 1.54) is 18.2 Å². The van der Waals surface area contributed by atoms with Gasteiger partial charge in [-0.05, 0) is 65.3 Å². The van der Waals surface area contributed by atoms with E-state index >= 15 is 0 Å². The average molecular weight is 451 g/mol. The van der Waals surface area contributed by atoms with Crippen LogP contribution < -0.4 is 10.1 Å². The highest BCUT2D eigenvalue weighted by molar-refractivity contribution is 9.10. The van der Waals surface area contributed by atoms with Gasteiger partial charge in [-0.1, -0.05) is 0 Å². The Morgan fingerprint density at radius 3 is 2.50 bits per heavy atom. The first-order chi connectivity index (χ1) is 13.4. The number of benzene rings is 2. The summed E-state index contributed by atoms with van der Waals surface area (Å²) in [6, 6.07) is 10.7. The largest absolute Gasteiger partial charge is 0.480 e. The van der Waals surface area contributed by atoms with Crippen LogP contribution >= 0.6 is 15.9 Å². The fraction of sp³-hybridized carbons (Fsp3) is 0.300. The van der Waals surface area contributed by atoms with Crippen LogP contribution in [0.1, 0.15) is 17.3 Å². The quantitative estimate of drug-likeness (QED) is 0.756. The number of carbonyl (C=O) groups is 2. The van der Waals surface area contributed by atoms with Gasteiger partial charge in [0.25, 0.3) is 11.8 Å². The van der Waals surface area contributed by atoms with E-state index in [1.807, 2.05) is 0 Å². The Balaban J connectivity index is 1.58. The van der Waals surface area contributed by atoms with Gasteiger partial charge in [0, 0.05) is 24.3 Å². The lowest BCUT2D eigenvalue weighted by Gasteiger charge is -2.26. The van der Waals surface area contributed by atoms with Gasteiger partial charge >= 0.3 is 0 Å². The summed E-state index contributed by atoms with van der Waals surface area (Å²) >= 11 is 3.21. The zero-order chi connectivity index (χ0) is 20.1. The predicted octanol–water partition coefficient (Wildman–Crippen LogP) is 3.47. The van der Waals surface area contributed by atoms with Gasteiger partial charge in [-0.15, -0.1) is 0 Å². The first-order valence-electron chi connectivity index (χ1n) is 8.83. The van der Waals surface area contributed by atoms with E-state index in [2.05, 4.69) is 21.2 Å². The lowest BCUT2D eigenvalue weighted by molar-refractivity contribution is -0.122. The number of carbonyl (C=O) groups excluding carboxylic acids is 2. The third-order valence-corrected chi connectivity index (χ3v) is 4.88. The average Bonchev–Trinajstić information content (AvgIpc) is 2.70. The van der Waals surface area contributed by atoms with E-state index in [4.69, 9.17) is 9.47 Å². The Labute approximate surface area is 170 Å². The molecule has 0 radical (unpaired) electrons. The van der Waals surface area contributed by atoms with Crippen molar-refractivity contribution in [2.45, 2.75) is 13.0 Å². The molecule has 3 rings (SSSR count). The lowest BCUT2D eigenvalue weighted by atomic mass is 10.1. The molecule has 2 amide bonds. The third-order valence-electron chi connectivity index (χ3n) is 4.26. The van der Waals surface area contributed by atoms with Crippen molar-refractivity contribution in [2.24, 2.45) is 0 Å². The Bertz CT molecular complexity index is 854. The van der Waals surface area contributed by atoms with Crippen LogP contribution in [0.15, 0.2) is 46.9 Å². The molecule has 1 aliphatic heterocycles. The van der Waals surface area contributed by atoms with E-state index in [1.54, 1.807) is 36.1 Å². The summed E-state index contributed by atoms with van der Waals surface area (Å²) < 4.78 is 24.4. The van der Waals surface area contributed by atoms with Crippen LogP contribution in [0.25, 0.3) is 0 Å². The van der Waals surface area contributed by atoms with E-state index in [-0.39, 0.29) is 11.8 Å². The zero-order valence-electron chi connectivity index (χ0n) is 15.3. The van der Waals surface area contributed by atoms with Crippen molar-refractivity contribution >= 4 is 33.4 Å². The minimum absolute atomic E-state index is 0.0564. The molecular weight excluding hydrogens is 431 g/mol. The number of ether oxygens (including phenoxy) is 2. The number of hydrogen-bond donors (Lipinski definition) is 1. The molecule has 0 aliphatic carbocycles. The van der Waals surface area contributed by atoms with Crippen molar-refractivity contribution in [2.75, 3.05) is 31.6 Å². The highest BCUT2D eigenvalue weighted by atomic mass is 79.9. The second-order valence-corrected chi connectivity index (χ2v) is 7.16. The molecule has 0 aromatic heterocycles. The van der Waals surface area contributed by atoms with Crippen LogP contribution in [0.5, 0.6) is 5.75 Å². The maximum atomic E-state index is 13.1. The Hall–Kier alpha value is -2.45. The van der Waals surface area contributed by atoms with Crippen LogP contribution in [0.4, 0.5) is 10.1 Å². The monoisotopic (exact) mass is 450 g/mol. The molecule has 28 heavy (non-hydrogen) atoms. The van der Waals surface area contributed by atoms with Crippen molar-refractivity contribution in [3.05, 3.63) is 58.3 Å². The first kappa shape index (κ1) is 20.3. The van der Waals surface area contributed by atoms with E-state index < -0.39 is 11.9 Å². The molecule has 8 heteroatoms. The summed E-state index contributed by atoms with van der Waals surface area (Å²) in [6.07, 6.45) is -0.795. The van der Waals surface area contributed by atoms with Gasteiger partial charge in [0.2, 0.25) is 0 Å². The molecular formula is C20H20BrFN2O4. The molecule has 1 saturated heterocycles. The van der Waals surface area contributed by atoms with Crippen LogP contribution in [-0.2, 0) is 9.53 Å². The fourth-order valence-electron chi connectivity index (χ4n) is 2.70. The van der Waals surface area contributed by atoms with Crippen LogP contribution in [-0.4, -0.2) is 49.1 Å². The summed E-state index contributed by atoms with van der Waals surface area (Å²) in [5.41, 5.74) is 1.11. The van der Waals surface area contributed by atoms with E-state index in [9.17, 15) is 14.0 Å². The molecule has 0 bridgehead atoms. The molecule has 1 unspecified atom stereocenters. The zero-order valence-corrected chi connectivity index (χ0v) is 16.9. The Morgan fingerprint density at radius 2 is 1.86 bits per heavy atom. The predicted molar refractivity (Wildman–Crippen MR) is 106 cm³/mol. The van der Waals surface area contributed by atoms with E-state index in [0.717, 1.165) is 0 Å². The molecule has 1 N–H and O–H groups in total. The maximum absolute atomic E-state index is 13.1. The highest BCUT2D eigenvalue weighted by Gasteiger charge is 2.19. The van der Waals surface area contributed by atoms with Crippen LogP contribution in [0, 0.1) is 5.82 Å². The van der Waals surface area contributed by atoms with Crippen LogP contribution in [0.3, 0.4) is 0 Å². The summed E-state index contributed by atoms with van der Waals surface area (Å²) in [7, 11) is 0. The van der Waals surface area contributed by atoms with Gasteiger partial charge in [-0.3, -0.25) is 9.59 Å². The Morgan fingerprint density at radius 1 is 1.18 bits per heavy atom. The summed E-state index contributed by atoms with van der Waals surface area (Å²) in [5.74, 6) is -0.443. The second-order valence-electron chi connectivity index (χ2n) is 6.31. The first-order valence-corrected chi connectivity index (χ1v) is 9.63. The summed E-state index contributed by atoms with van der Waals surface area (Å²) in [6.45, 7) is 3.83. The number of nitrogens with zero attached hydrogens (tertiary/aromatic N) is 1. The maximum Gasteiger partial charge on any atom is 0.265 e. The molecule has 0 spiro atoms. The SMILES string of the molecule is CC(Oc1ccc(F)cc1Br)C(=O)Nc1ccc(C(=O)N2CCOCC2)cc1. The van der Waals surface area contributed by atoms with Gasteiger partial charge in [0.1, 0.15) is 11.6 Å². The van der Waals surface area contributed by atoms with Gasteiger partial charge in [0.05, 0.1) is 17.7 Å². The number of anilines is 1. The number of morpholine rings is 1. The summed E-state index contributed by atoms with van der Waals surface area (Å²) in [5, 5.41) is 2.74. The Kier molecular flexibility index (Phi) is 6.64. The minimum Gasteiger partial charge on any atom is -0.480 e. The smallest absolute Gasteiger partial charge is 0.265 e. The molecule has 6 nitrogen and oxygen atoms in total. The summed E-state index contributed by atoms with van der Waals surface area (Å²) in [4.78, 5) is 26.5. The number of halogens is 2. The molecule has 2 aromatic rings. The number of nitrogens with one attached hydrogen (secondary N) is 1. The van der Waals surface area contributed by atoms with Crippen molar-refractivity contribution in [3.63, 3.8) is 0 Å². The molecule has 1 heterocycles. The second kappa shape index (κ2) is 9.16. The standard InChI is InChI=1S/C20H20BrFN2O4/c1-13(28-18-7-4-15(22)12-17(18)21)19(25)23-16-5-2-14(3-6-16)20(26)24-8-10-27-11-9-24/h2-7,12-13H,8-11H2,1H3,(H,23,25). The molecule has 1 aliphatic rings. The normalized spacial score (nSPS) is 15.0. The van der Waals surface area contributed by atoms with Gasteiger partial charge in [-0.25, -0.2) is 4.39 Å². The number of rotatable bonds is 5. The van der Waals surface area contributed by atoms with Gasteiger partial charge in [-0.2, -0.15) is 0 Å². The third kappa shape index (κ3) is 5.08. The van der Waals surface area contributed by atoms with Gasteiger partial charge in [0.15, 0.2) is 6.10 Å². The van der Waals surface area contributed by atoms with Crippen LogP contribution in [0.2, 0.25) is 0 Å². The van der Waals surface area contributed by atoms with Crippen molar-refractivity contribution in [1.29, 1.82) is 0 Å². The van der Waals surface area contributed by atoms with Crippen molar-refractivity contribution < 1.29 is 23.5 Å². The van der Waals surface area contributed by atoms with Crippen molar-refractivity contribution in [1.82, 2.24) is 4.90 Å². The van der Waals surface area contributed by atoms with E-state index in [0.29, 0.717) is 47.8 Å². The van der Waals surface area contributed by atoms with Crippen molar-refractivity contribution in [3.8, 4) is 5.75 Å². The molecule has 1 fully saturated rings. The minimum atomic E-state index is -0.795. The molecule has 0 saturated carbocycles. The number of amides is 2. The topological polar surface area (TPSA) is 67.9 Å². The lowest BCUT2D eigenvalue weighted by Crippen LogP contribution is -2.40. The number of hydrogen-bond acceptors (Lipinski definition) is 4. The fourth-order valence-corrected chi connectivity index (χ4v) is 3.15. The molecule has 1 atom stereocenters. The molecule has 2 aromatic carbocycles. The highest BCUT2D eigenvalue weighted by Crippen LogP contribution is 2.26. The van der Waals surface area contributed by atoms with Gasteiger partial charge < -0.3 is 19.7 Å². The molecule has 148 valence electrons.